The summed E-state index contributed by atoms with van der Waals surface area (Å²) in [5.41, 5.74) is 1.55. The Morgan fingerprint density at radius 3 is 1.26 bits per heavy atom. The maximum Gasteiger partial charge on any atom is 0.143 e. The molecule has 4 saturated heterocycles. The number of hydrogen-bond donors (Lipinski definition) is 1. The Bertz CT molecular complexity index is 2700. The lowest BCUT2D eigenvalue weighted by molar-refractivity contribution is -0.164. The van der Waals surface area contributed by atoms with Gasteiger partial charge in [-0.05, 0) is 88.6 Å². The molecule has 0 saturated carbocycles. The Balaban J connectivity index is 0.000000184. The van der Waals surface area contributed by atoms with E-state index in [1.807, 2.05) is 152 Å². The van der Waals surface area contributed by atoms with Gasteiger partial charge in [0.05, 0.1) is 60.9 Å². The number of aliphatic hydroxyl groups excluding tert-OH is 1. The summed E-state index contributed by atoms with van der Waals surface area (Å²) < 4.78 is 66.3. The largest absolute Gasteiger partial charge is 0.497 e. The van der Waals surface area contributed by atoms with Gasteiger partial charge in [0.2, 0.25) is 0 Å². The fourth-order valence-corrected chi connectivity index (χ4v) is 11.6. The van der Waals surface area contributed by atoms with Crippen molar-refractivity contribution in [3.63, 3.8) is 0 Å². The van der Waals surface area contributed by atoms with Crippen molar-refractivity contribution in [3.8, 4) is 29.1 Å². The second-order valence-electron chi connectivity index (χ2n) is 18.7. The highest BCUT2D eigenvalue weighted by atomic mass is 31.1. The zero-order chi connectivity index (χ0) is 51.9. The average molecular weight is 1020 g/mol. The van der Waals surface area contributed by atoms with Crippen LogP contribution in [-0.2, 0) is 44.1 Å². The minimum absolute atomic E-state index is 0.0747. The van der Waals surface area contributed by atoms with Crippen molar-refractivity contribution < 1.29 is 57.0 Å². The maximum absolute atomic E-state index is 10.9. The molecule has 380 valence electrons. The lowest BCUT2D eigenvalue weighted by Crippen LogP contribution is -2.49. The molecular weight excluding hydrogens is 955 g/mol. The number of aliphatic hydroxyl groups is 1. The smallest absolute Gasteiger partial charge is 0.143 e. The van der Waals surface area contributed by atoms with Crippen LogP contribution in [0.25, 0.3) is 0 Å². The predicted octanol–water partition coefficient (Wildman–Crippen LogP) is 8.04. The van der Waals surface area contributed by atoms with Crippen LogP contribution in [0.5, 0.6) is 23.0 Å². The van der Waals surface area contributed by atoms with Crippen LogP contribution < -0.4 is 18.9 Å². The molecule has 0 amide bonds. The summed E-state index contributed by atoms with van der Waals surface area (Å²) >= 11 is 0. The van der Waals surface area contributed by atoms with Gasteiger partial charge in [-0.1, -0.05) is 109 Å². The molecule has 1 N–H and O–H groups in total. The van der Waals surface area contributed by atoms with E-state index in [1.165, 1.54) is 0 Å². The molecule has 0 aromatic heterocycles. The second-order valence-corrected chi connectivity index (χ2v) is 20.6. The van der Waals surface area contributed by atoms with Gasteiger partial charge >= 0.3 is 0 Å². The number of ether oxygens (including phenoxy) is 10. The first kappa shape index (κ1) is 53.1. The Labute approximate surface area is 437 Å². The van der Waals surface area contributed by atoms with E-state index >= 15 is 0 Å². The molecular formula is C58H60B2NO12P. The third-order valence-electron chi connectivity index (χ3n) is 14.3. The molecule has 4 bridgehead atoms. The van der Waals surface area contributed by atoms with Gasteiger partial charge in [-0.2, -0.15) is 5.26 Å². The summed E-state index contributed by atoms with van der Waals surface area (Å²) in [5.74, 6) is 2.98. The van der Waals surface area contributed by atoms with Gasteiger partial charge < -0.3 is 57.0 Å². The van der Waals surface area contributed by atoms with Crippen LogP contribution in [0.1, 0.15) is 39.8 Å². The lowest BCUT2D eigenvalue weighted by Gasteiger charge is -2.40. The molecule has 74 heavy (non-hydrogen) atoms. The van der Waals surface area contributed by atoms with E-state index in [4.69, 9.17) is 72.8 Å². The summed E-state index contributed by atoms with van der Waals surface area (Å²) in [5, 5.41) is 19.9. The number of nitrogens with zero attached hydrogens (tertiary/aromatic N) is 1. The topological polar surface area (TPSA) is 146 Å². The van der Waals surface area contributed by atoms with E-state index in [0.29, 0.717) is 19.2 Å². The van der Waals surface area contributed by atoms with E-state index in [1.54, 1.807) is 28.4 Å². The number of fused-ring (bicyclic) bond motifs is 4. The van der Waals surface area contributed by atoms with Crippen LogP contribution in [0.4, 0.5) is 0 Å². The summed E-state index contributed by atoms with van der Waals surface area (Å²) in [4.78, 5) is 0. The highest BCUT2D eigenvalue weighted by molar-refractivity contribution is 7.51. The first-order valence-corrected chi connectivity index (χ1v) is 26.4. The van der Waals surface area contributed by atoms with Gasteiger partial charge in [0.25, 0.3) is 0 Å². The van der Waals surface area contributed by atoms with E-state index in [9.17, 15) is 5.11 Å². The molecule has 6 aromatic rings. The zero-order valence-corrected chi connectivity index (χ0v) is 43.1. The summed E-state index contributed by atoms with van der Waals surface area (Å²) in [7, 11) is 18.1. The van der Waals surface area contributed by atoms with Crippen LogP contribution in [0.3, 0.4) is 0 Å². The van der Waals surface area contributed by atoms with Crippen molar-refractivity contribution in [2.45, 2.75) is 65.2 Å². The average Bonchev–Trinajstić information content (AvgIpc) is 4.13. The number of hydrogen-bond acceptors (Lipinski definition) is 13. The molecule has 6 aromatic carbocycles. The monoisotopic (exact) mass is 1020 g/mol. The predicted molar refractivity (Wildman–Crippen MR) is 282 cm³/mol. The maximum atomic E-state index is 10.9. The fraction of sp³-hybridized carbons (Fsp3) is 0.362. The van der Waals surface area contributed by atoms with Crippen molar-refractivity contribution >= 4 is 23.8 Å². The van der Waals surface area contributed by atoms with Gasteiger partial charge in [-0.3, -0.25) is 0 Å². The highest BCUT2D eigenvalue weighted by Crippen LogP contribution is 2.51. The Kier molecular flexibility index (Phi) is 16.5. The van der Waals surface area contributed by atoms with Gasteiger partial charge in [0.1, 0.15) is 85.5 Å². The Morgan fingerprint density at radius 2 is 0.905 bits per heavy atom. The molecule has 10 rings (SSSR count). The van der Waals surface area contributed by atoms with Gasteiger partial charge in [0, 0.05) is 32.7 Å². The molecule has 0 spiro atoms. The number of rotatable bonds is 20. The van der Waals surface area contributed by atoms with Crippen molar-refractivity contribution in [2.24, 2.45) is 0 Å². The molecule has 4 aliphatic rings. The third kappa shape index (κ3) is 10.2. The lowest BCUT2D eigenvalue weighted by atomic mass is 9.79. The van der Waals surface area contributed by atoms with Crippen molar-refractivity contribution in [2.75, 3.05) is 67.7 Å². The van der Waals surface area contributed by atoms with E-state index in [0.717, 1.165) is 56.4 Å². The van der Waals surface area contributed by atoms with Crippen LogP contribution in [0.2, 0.25) is 0 Å². The molecule has 0 aliphatic carbocycles. The normalized spacial score (nSPS) is 25.1. The number of methoxy groups -OCH3 is 4. The van der Waals surface area contributed by atoms with Crippen LogP contribution in [0, 0.1) is 11.3 Å². The number of benzene rings is 6. The van der Waals surface area contributed by atoms with E-state index < -0.39 is 67.0 Å². The van der Waals surface area contributed by atoms with E-state index in [2.05, 4.69) is 18.2 Å². The van der Waals surface area contributed by atoms with Crippen LogP contribution in [0.15, 0.2) is 158 Å². The van der Waals surface area contributed by atoms with Crippen molar-refractivity contribution in [1.29, 1.82) is 5.26 Å². The van der Waals surface area contributed by atoms with Crippen LogP contribution in [-0.4, -0.2) is 136 Å². The van der Waals surface area contributed by atoms with Gasteiger partial charge in [-0.25, -0.2) is 0 Å². The zero-order valence-electron chi connectivity index (χ0n) is 42.2. The molecule has 9 atom stereocenters. The third-order valence-corrected chi connectivity index (χ3v) is 15.8. The summed E-state index contributed by atoms with van der Waals surface area (Å²) in [6.07, 6.45) is -1.13. The first-order chi connectivity index (χ1) is 36.0. The first-order valence-electron chi connectivity index (χ1n) is 24.5. The summed E-state index contributed by atoms with van der Waals surface area (Å²) in [6.45, 7) is 2.77. The molecule has 16 heteroatoms. The Hall–Kier alpha value is -5.75. The molecule has 13 nitrogen and oxygen atoms in total. The highest BCUT2D eigenvalue weighted by Gasteiger charge is 2.63. The fourth-order valence-electron chi connectivity index (χ4n) is 10.4. The second kappa shape index (κ2) is 23.0. The van der Waals surface area contributed by atoms with Gasteiger partial charge in [0.15, 0.2) is 0 Å². The van der Waals surface area contributed by atoms with Gasteiger partial charge in [-0.15, -0.1) is 0 Å². The SMILES string of the molecule is [B]C1OC2(COC(c3ccccc3)(c3ccc(OC)cc3)c3ccc(OC)cc3)COC1C2O.[B]C1OC2(COC(c3ccccc3)(c3ccc(OC)cc3)c3ccc(OC)cc3)COC1C2OP(C)CCC#N. The molecule has 9 unspecified atom stereocenters. The summed E-state index contributed by atoms with van der Waals surface area (Å²) in [6, 6.07) is 52.3. The molecule has 4 aliphatic heterocycles. The van der Waals surface area contributed by atoms with Crippen molar-refractivity contribution in [1.82, 2.24) is 0 Å². The minimum atomic E-state index is -1.04. The Morgan fingerprint density at radius 1 is 0.554 bits per heavy atom. The minimum Gasteiger partial charge on any atom is -0.497 e. The quantitative estimate of drug-likeness (QED) is 0.0448. The standard InChI is InChI=1S/C31H33BNO6P.C27H27BO6/c1-34-25-14-10-23(11-15-25)31(22-8-5-4-6-9-22,24-12-16-26(35-2)17-13-24)37-21-30-20-36-27(29(32)38-30)28(30)39-40(3)19-7-18-33;1-30-21-12-8-19(9-13-21)27(18-6-4-3-5-7-18,20-10-14-22(31-2)15-11-20)33-17-26-16-32-23(24(26)29)25(28)34-26/h4-6,8-17,27-29H,7,19-21H2,1-3H3;3-15,23-25,29H,16-17H2,1-2H3. The van der Waals surface area contributed by atoms with E-state index in [-0.39, 0.29) is 19.8 Å². The van der Waals surface area contributed by atoms with Crippen molar-refractivity contribution in [3.05, 3.63) is 191 Å². The molecule has 4 fully saturated rings. The molecule has 4 radical (unpaired) electrons. The molecule has 4 heterocycles. The number of nitriles is 1. The van der Waals surface area contributed by atoms with Crippen LogP contribution >= 0.6 is 8.15 Å².